The summed E-state index contributed by atoms with van der Waals surface area (Å²) in [5, 5.41) is 20.1. The molecule has 0 aliphatic rings. The Bertz CT molecular complexity index is 1070. The van der Waals surface area contributed by atoms with Crippen molar-refractivity contribution in [2.75, 3.05) is 12.4 Å². The van der Waals surface area contributed by atoms with Crippen molar-refractivity contribution in [2.45, 2.75) is 26.3 Å². The predicted molar refractivity (Wildman–Crippen MR) is 101 cm³/mol. The lowest BCUT2D eigenvalue weighted by atomic mass is 10.1. The van der Waals surface area contributed by atoms with Crippen LogP contribution in [0.15, 0.2) is 47.2 Å². The fourth-order valence-corrected chi connectivity index (χ4v) is 2.75. The second-order valence-electron chi connectivity index (χ2n) is 6.50. The molecule has 4 aromatic rings. The monoisotopic (exact) mass is 364 g/mol. The first-order valence-corrected chi connectivity index (χ1v) is 8.69. The number of hydrogen-bond donors (Lipinski definition) is 1. The molecule has 27 heavy (non-hydrogen) atoms. The van der Waals surface area contributed by atoms with Crippen molar-refractivity contribution in [3.05, 3.63) is 54.1 Å². The summed E-state index contributed by atoms with van der Waals surface area (Å²) < 4.78 is 12.4. The van der Waals surface area contributed by atoms with Crippen molar-refractivity contribution in [3.8, 4) is 17.1 Å². The van der Waals surface area contributed by atoms with Gasteiger partial charge in [0.05, 0.1) is 25.0 Å². The summed E-state index contributed by atoms with van der Waals surface area (Å²) in [5.74, 6) is 1.76. The van der Waals surface area contributed by atoms with E-state index in [1.165, 1.54) is 0 Å². The normalized spacial score (nSPS) is 11.3. The van der Waals surface area contributed by atoms with E-state index in [4.69, 9.17) is 9.26 Å². The number of rotatable bonds is 6. The molecule has 8 nitrogen and oxygen atoms in total. The van der Waals surface area contributed by atoms with Gasteiger partial charge in [-0.05, 0) is 24.1 Å². The Morgan fingerprint density at radius 1 is 1.22 bits per heavy atom. The molecule has 0 aliphatic carbocycles. The quantitative estimate of drug-likeness (QED) is 0.560. The standard InChI is InChI=1S/C19H20N6O2/c1-12(2)16-9-17(19-22-21-11-25(19)23-16)20-10-14-8-18(27-24-14)13-5-4-6-15(7-13)26-3/h4-9,11-12,20H,10H2,1-3H3. The van der Waals surface area contributed by atoms with Gasteiger partial charge in [-0.1, -0.05) is 31.1 Å². The van der Waals surface area contributed by atoms with Crippen LogP contribution >= 0.6 is 0 Å². The van der Waals surface area contributed by atoms with E-state index in [1.807, 2.05) is 36.4 Å². The van der Waals surface area contributed by atoms with E-state index in [2.05, 4.69) is 39.6 Å². The molecular weight excluding hydrogens is 344 g/mol. The van der Waals surface area contributed by atoms with Crippen LogP contribution in [0.5, 0.6) is 5.75 Å². The Balaban J connectivity index is 1.55. The largest absolute Gasteiger partial charge is 0.497 e. The van der Waals surface area contributed by atoms with Gasteiger partial charge in [-0.15, -0.1) is 10.2 Å². The average Bonchev–Trinajstić information content (AvgIpc) is 3.35. The molecule has 4 rings (SSSR count). The molecule has 0 atom stereocenters. The maximum absolute atomic E-state index is 5.48. The van der Waals surface area contributed by atoms with Gasteiger partial charge in [-0.3, -0.25) is 0 Å². The van der Waals surface area contributed by atoms with E-state index in [1.54, 1.807) is 18.0 Å². The van der Waals surface area contributed by atoms with Crippen molar-refractivity contribution in [2.24, 2.45) is 0 Å². The molecule has 0 fully saturated rings. The number of nitrogens with one attached hydrogen (secondary N) is 1. The molecule has 138 valence electrons. The molecule has 0 saturated heterocycles. The molecular formula is C19H20N6O2. The zero-order valence-corrected chi connectivity index (χ0v) is 15.4. The maximum atomic E-state index is 5.48. The van der Waals surface area contributed by atoms with Crippen LogP contribution in [0.4, 0.5) is 5.69 Å². The minimum absolute atomic E-state index is 0.295. The third-order valence-corrected chi connectivity index (χ3v) is 4.25. The third kappa shape index (κ3) is 3.46. The Labute approximate surface area is 156 Å². The van der Waals surface area contributed by atoms with Crippen LogP contribution in [0.25, 0.3) is 17.0 Å². The van der Waals surface area contributed by atoms with Gasteiger partial charge in [-0.25, -0.2) is 0 Å². The van der Waals surface area contributed by atoms with Crippen molar-refractivity contribution in [1.82, 2.24) is 25.0 Å². The number of nitrogens with zero attached hydrogens (tertiary/aromatic N) is 5. The SMILES string of the molecule is COc1cccc(-c2cc(CNc3cc(C(C)C)nn4cnnc34)no2)c1. The van der Waals surface area contributed by atoms with Crippen molar-refractivity contribution < 1.29 is 9.26 Å². The molecule has 0 unspecified atom stereocenters. The van der Waals surface area contributed by atoms with Gasteiger partial charge < -0.3 is 14.6 Å². The molecule has 0 saturated carbocycles. The highest BCUT2D eigenvalue weighted by Gasteiger charge is 2.12. The fraction of sp³-hybridized carbons (Fsp3) is 0.263. The summed E-state index contributed by atoms with van der Waals surface area (Å²) in [6.07, 6.45) is 1.60. The van der Waals surface area contributed by atoms with Crippen molar-refractivity contribution in [3.63, 3.8) is 0 Å². The predicted octanol–water partition coefficient (Wildman–Crippen LogP) is 3.52. The van der Waals surface area contributed by atoms with E-state index < -0.39 is 0 Å². The highest BCUT2D eigenvalue weighted by Crippen LogP contribution is 2.25. The fourth-order valence-electron chi connectivity index (χ4n) is 2.75. The van der Waals surface area contributed by atoms with E-state index in [0.717, 1.165) is 28.4 Å². The van der Waals surface area contributed by atoms with Crippen LogP contribution < -0.4 is 10.1 Å². The Kier molecular flexibility index (Phi) is 4.45. The smallest absolute Gasteiger partial charge is 0.200 e. The first-order chi connectivity index (χ1) is 13.1. The van der Waals surface area contributed by atoms with E-state index in [0.29, 0.717) is 23.9 Å². The second kappa shape index (κ2) is 7.06. The first-order valence-electron chi connectivity index (χ1n) is 8.69. The van der Waals surface area contributed by atoms with Gasteiger partial charge >= 0.3 is 0 Å². The summed E-state index contributed by atoms with van der Waals surface area (Å²) in [7, 11) is 1.64. The van der Waals surface area contributed by atoms with Gasteiger partial charge in [0, 0.05) is 11.6 Å². The highest BCUT2D eigenvalue weighted by atomic mass is 16.5. The molecule has 1 aromatic carbocycles. The zero-order valence-electron chi connectivity index (χ0n) is 15.4. The van der Waals surface area contributed by atoms with E-state index in [9.17, 15) is 0 Å². The van der Waals surface area contributed by atoms with Crippen LogP contribution in [0.2, 0.25) is 0 Å². The Morgan fingerprint density at radius 3 is 2.93 bits per heavy atom. The number of hydrogen-bond acceptors (Lipinski definition) is 7. The number of anilines is 1. The van der Waals surface area contributed by atoms with E-state index in [-0.39, 0.29) is 0 Å². The van der Waals surface area contributed by atoms with Gasteiger partial charge in [0.1, 0.15) is 17.8 Å². The molecule has 0 spiro atoms. The average molecular weight is 364 g/mol. The molecule has 3 aromatic heterocycles. The Hall–Kier alpha value is -3.42. The topological polar surface area (TPSA) is 90.4 Å². The highest BCUT2D eigenvalue weighted by molar-refractivity contribution is 5.67. The van der Waals surface area contributed by atoms with Gasteiger partial charge in [-0.2, -0.15) is 9.61 Å². The number of benzene rings is 1. The molecule has 0 amide bonds. The molecule has 0 bridgehead atoms. The molecule has 3 heterocycles. The lowest BCUT2D eigenvalue weighted by Gasteiger charge is -2.10. The summed E-state index contributed by atoms with van der Waals surface area (Å²) in [6, 6.07) is 11.6. The molecule has 8 heteroatoms. The summed E-state index contributed by atoms with van der Waals surface area (Å²) >= 11 is 0. The minimum Gasteiger partial charge on any atom is -0.497 e. The lowest BCUT2D eigenvalue weighted by Crippen LogP contribution is -2.06. The lowest BCUT2D eigenvalue weighted by molar-refractivity contribution is 0.412. The summed E-state index contributed by atoms with van der Waals surface area (Å²) in [5.41, 5.74) is 4.20. The number of ether oxygens (including phenoxy) is 1. The van der Waals surface area contributed by atoms with Crippen molar-refractivity contribution in [1.29, 1.82) is 0 Å². The maximum Gasteiger partial charge on any atom is 0.200 e. The van der Waals surface area contributed by atoms with Gasteiger partial charge in [0.15, 0.2) is 5.76 Å². The van der Waals surface area contributed by atoms with Crippen LogP contribution in [0, 0.1) is 0 Å². The number of aromatic nitrogens is 5. The van der Waals surface area contributed by atoms with Crippen LogP contribution in [-0.2, 0) is 6.54 Å². The summed E-state index contributed by atoms with van der Waals surface area (Å²) in [4.78, 5) is 0. The number of fused-ring (bicyclic) bond motifs is 1. The molecule has 0 aliphatic heterocycles. The van der Waals surface area contributed by atoms with E-state index >= 15 is 0 Å². The minimum atomic E-state index is 0.295. The van der Waals surface area contributed by atoms with Gasteiger partial charge in [0.25, 0.3) is 0 Å². The van der Waals surface area contributed by atoms with Crippen LogP contribution in [0.3, 0.4) is 0 Å². The van der Waals surface area contributed by atoms with Crippen LogP contribution in [0.1, 0.15) is 31.2 Å². The molecule has 0 radical (unpaired) electrons. The second-order valence-corrected chi connectivity index (χ2v) is 6.50. The zero-order chi connectivity index (χ0) is 18.8. The van der Waals surface area contributed by atoms with Crippen molar-refractivity contribution >= 4 is 11.3 Å². The summed E-state index contributed by atoms with van der Waals surface area (Å²) in [6.45, 7) is 4.69. The molecule has 1 N–H and O–H groups in total. The number of methoxy groups -OCH3 is 1. The first kappa shape index (κ1) is 17.0. The van der Waals surface area contributed by atoms with Crippen LogP contribution in [-0.4, -0.2) is 32.1 Å². The third-order valence-electron chi connectivity index (χ3n) is 4.25. The van der Waals surface area contributed by atoms with Gasteiger partial charge in [0.2, 0.25) is 5.65 Å². The Morgan fingerprint density at radius 2 is 2.11 bits per heavy atom.